The maximum absolute atomic E-state index is 11.8. The normalized spacial score (nSPS) is 22.9. The van der Waals surface area contributed by atoms with Crippen LogP contribution in [0, 0.1) is 0 Å². The van der Waals surface area contributed by atoms with Crippen LogP contribution in [0.1, 0.15) is 38.5 Å². The first-order chi connectivity index (χ1) is 7.25. The molecule has 2 rings (SSSR count). The number of amides is 2. The minimum Gasteiger partial charge on any atom is -0.335 e. The zero-order valence-electron chi connectivity index (χ0n) is 9.65. The van der Waals surface area contributed by atoms with E-state index in [1.54, 1.807) is 0 Å². The van der Waals surface area contributed by atoms with Crippen LogP contribution in [-0.4, -0.2) is 36.1 Å². The first kappa shape index (κ1) is 13.6. The van der Waals surface area contributed by atoms with Crippen LogP contribution < -0.4 is 11.1 Å². The Kier molecular flexibility index (Phi) is 5.35. The minimum atomic E-state index is 0. The lowest BCUT2D eigenvalue weighted by molar-refractivity contribution is 0.178. The molecule has 94 valence electrons. The molecule has 16 heavy (non-hydrogen) atoms. The summed E-state index contributed by atoms with van der Waals surface area (Å²) in [5.41, 5.74) is 5.80. The van der Waals surface area contributed by atoms with Gasteiger partial charge < -0.3 is 16.0 Å². The highest BCUT2D eigenvalue weighted by molar-refractivity contribution is 5.85. The van der Waals surface area contributed by atoms with Crippen LogP contribution in [0.4, 0.5) is 4.79 Å². The van der Waals surface area contributed by atoms with E-state index >= 15 is 0 Å². The summed E-state index contributed by atoms with van der Waals surface area (Å²) in [4.78, 5) is 13.7. The van der Waals surface area contributed by atoms with Crippen LogP contribution in [0.25, 0.3) is 0 Å². The van der Waals surface area contributed by atoms with Gasteiger partial charge in [0.25, 0.3) is 0 Å². The van der Waals surface area contributed by atoms with E-state index in [9.17, 15) is 4.79 Å². The third kappa shape index (κ3) is 3.52. The van der Waals surface area contributed by atoms with Crippen LogP contribution in [0.5, 0.6) is 0 Å². The lowest BCUT2D eigenvalue weighted by Gasteiger charge is -2.31. The number of hydrogen-bond acceptors (Lipinski definition) is 2. The standard InChI is InChI=1S/C11H21N3O.ClH/c12-9-5-7-14(8-6-9)11(15)13-10-3-1-2-4-10;/h9-10H,1-8,12H2,(H,13,15);1H. The number of carbonyl (C=O) groups is 1. The van der Waals surface area contributed by atoms with E-state index in [1.165, 1.54) is 12.8 Å². The fourth-order valence-corrected chi connectivity index (χ4v) is 2.44. The number of piperidine rings is 1. The van der Waals surface area contributed by atoms with Gasteiger partial charge in [-0.15, -0.1) is 12.4 Å². The number of nitrogens with two attached hydrogens (primary N) is 1. The summed E-state index contributed by atoms with van der Waals surface area (Å²) in [7, 11) is 0. The molecule has 5 heteroatoms. The van der Waals surface area contributed by atoms with Crippen molar-refractivity contribution in [1.29, 1.82) is 0 Å². The fourth-order valence-electron chi connectivity index (χ4n) is 2.44. The molecule has 1 aliphatic carbocycles. The zero-order valence-corrected chi connectivity index (χ0v) is 10.5. The molecule has 0 aromatic carbocycles. The van der Waals surface area contributed by atoms with Gasteiger partial charge in [0.05, 0.1) is 0 Å². The lowest BCUT2D eigenvalue weighted by atomic mass is 10.1. The van der Waals surface area contributed by atoms with E-state index in [-0.39, 0.29) is 18.4 Å². The van der Waals surface area contributed by atoms with Crippen LogP contribution >= 0.6 is 12.4 Å². The molecule has 3 N–H and O–H groups in total. The second-order valence-corrected chi connectivity index (χ2v) is 4.76. The molecule has 1 aliphatic heterocycles. The highest BCUT2D eigenvalue weighted by Gasteiger charge is 2.23. The Bertz CT molecular complexity index is 223. The molecule has 2 amide bonds. The number of likely N-dealkylation sites (tertiary alicyclic amines) is 1. The first-order valence-corrected chi connectivity index (χ1v) is 6.07. The van der Waals surface area contributed by atoms with Crippen LogP contribution in [0.3, 0.4) is 0 Å². The predicted octanol–water partition coefficient (Wildman–Crippen LogP) is 1.48. The van der Waals surface area contributed by atoms with Crippen molar-refractivity contribution in [3.05, 3.63) is 0 Å². The first-order valence-electron chi connectivity index (χ1n) is 6.07. The highest BCUT2D eigenvalue weighted by Crippen LogP contribution is 2.18. The Morgan fingerprint density at radius 3 is 2.25 bits per heavy atom. The van der Waals surface area contributed by atoms with Crippen LogP contribution in [-0.2, 0) is 0 Å². The Morgan fingerprint density at radius 1 is 1.12 bits per heavy atom. The summed E-state index contributed by atoms with van der Waals surface area (Å²) in [5, 5.41) is 3.11. The van der Waals surface area contributed by atoms with Crippen LogP contribution in [0.2, 0.25) is 0 Å². The zero-order chi connectivity index (χ0) is 10.7. The minimum absolute atomic E-state index is 0. The summed E-state index contributed by atoms with van der Waals surface area (Å²) < 4.78 is 0. The molecule has 2 aliphatic rings. The second kappa shape index (κ2) is 6.30. The highest BCUT2D eigenvalue weighted by atomic mass is 35.5. The summed E-state index contributed by atoms with van der Waals surface area (Å²) in [6.07, 6.45) is 6.71. The molecule has 0 bridgehead atoms. The van der Waals surface area contributed by atoms with E-state index in [0.29, 0.717) is 12.1 Å². The van der Waals surface area contributed by atoms with E-state index in [0.717, 1.165) is 38.8 Å². The Hall–Kier alpha value is -0.480. The average molecular weight is 248 g/mol. The Labute approximate surface area is 103 Å². The van der Waals surface area contributed by atoms with Crippen molar-refractivity contribution < 1.29 is 4.79 Å². The number of urea groups is 1. The summed E-state index contributed by atoms with van der Waals surface area (Å²) in [5.74, 6) is 0. The molecule has 4 nitrogen and oxygen atoms in total. The quantitative estimate of drug-likeness (QED) is 0.738. The van der Waals surface area contributed by atoms with Gasteiger partial charge in [0.2, 0.25) is 0 Å². The van der Waals surface area contributed by atoms with E-state index in [2.05, 4.69) is 5.32 Å². The van der Waals surface area contributed by atoms with Gasteiger partial charge in [0.15, 0.2) is 0 Å². The van der Waals surface area contributed by atoms with Crippen molar-refractivity contribution in [2.45, 2.75) is 50.6 Å². The van der Waals surface area contributed by atoms with Crippen LogP contribution in [0.15, 0.2) is 0 Å². The topological polar surface area (TPSA) is 58.4 Å². The van der Waals surface area contributed by atoms with Gasteiger partial charge in [-0.25, -0.2) is 4.79 Å². The van der Waals surface area contributed by atoms with Gasteiger partial charge in [-0.3, -0.25) is 0 Å². The largest absolute Gasteiger partial charge is 0.335 e. The number of rotatable bonds is 1. The second-order valence-electron chi connectivity index (χ2n) is 4.76. The van der Waals surface area contributed by atoms with E-state index in [1.807, 2.05) is 4.90 Å². The van der Waals surface area contributed by atoms with E-state index < -0.39 is 0 Å². The molecular weight excluding hydrogens is 226 g/mol. The molecule has 0 aromatic rings. The molecular formula is C11H22ClN3O. The summed E-state index contributed by atoms with van der Waals surface area (Å²) in [6.45, 7) is 1.64. The monoisotopic (exact) mass is 247 g/mol. The molecule has 1 heterocycles. The summed E-state index contributed by atoms with van der Waals surface area (Å²) >= 11 is 0. The van der Waals surface area contributed by atoms with Gasteiger partial charge in [-0.05, 0) is 25.7 Å². The number of nitrogens with one attached hydrogen (secondary N) is 1. The Balaban J connectivity index is 0.00000128. The fraction of sp³-hybridized carbons (Fsp3) is 0.909. The van der Waals surface area contributed by atoms with Gasteiger partial charge in [0, 0.05) is 25.2 Å². The summed E-state index contributed by atoms with van der Waals surface area (Å²) in [6, 6.07) is 0.836. The number of nitrogens with zero attached hydrogens (tertiary/aromatic N) is 1. The number of hydrogen-bond donors (Lipinski definition) is 2. The third-order valence-corrected chi connectivity index (χ3v) is 3.51. The van der Waals surface area contributed by atoms with Crippen molar-refractivity contribution >= 4 is 18.4 Å². The SMILES string of the molecule is Cl.NC1CCN(C(=O)NC2CCCC2)CC1. The molecule has 1 saturated heterocycles. The van der Waals surface area contributed by atoms with Gasteiger partial charge in [-0.2, -0.15) is 0 Å². The van der Waals surface area contributed by atoms with Gasteiger partial charge >= 0.3 is 6.03 Å². The number of carbonyl (C=O) groups excluding carboxylic acids is 1. The van der Waals surface area contributed by atoms with Gasteiger partial charge in [0.1, 0.15) is 0 Å². The molecule has 0 radical (unpaired) electrons. The molecule has 0 unspecified atom stereocenters. The van der Waals surface area contributed by atoms with Crippen molar-refractivity contribution in [3.63, 3.8) is 0 Å². The van der Waals surface area contributed by atoms with Crippen molar-refractivity contribution in [3.8, 4) is 0 Å². The molecule has 0 atom stereocenters. The number of halogens is 1. The smallest absolute Gasteiger partial charge is 0.317 e. The van der Waals surface area contributed by atoms with E-state index in [4.69, 9.17) is 5.73 Å². The maximum atomic E-state index is 11.8. The van der Waals surface area contributed by atoms with Crippen molar-refractivity contribution in [1.82, 2.24) is 10.2 Å². The molecule has 0 spiro atoms. The molecule has 1 saturated carbocycles. The lowest BCUT2D eigenvalue weighted by Crippen LogP contribution is -2.49. The molecule has 2 fully saturated rings. The van der Waals surface area contributed by atoms with Crippen molar-refractivity contribution in [2.24, 2.45) is 5.73 Å². The third-order valence-electron chi connectivity index (χ3n) is 3.51. The predicted molar refractivity (Wildman–Crippen MR) is 66.8 cm³/mol. The molecule has 0 aromatic heterocycles. The Morgan fingerprint density at radius 2 is 1.69 bits per heavy atom. The maximum Gasteiger partial charge on any atom is 0.317 e. The average Bonchev–Trinajstić information content (AvgIpc) is 2.71. The van der Waals surface area contributed by atoms with Gasteiger partial charge in [-0.1, -0.05) is 12.8 Å². The van der Waals surface area contributed by atoms with Crippen molar-refractivity contribution in [2.75, 3.05) is 13.1 Å².